The smallest absolute Gasteiger partial charge is 0.286 e. The number of ether oxygens (including phenoxy) is 2. The van der Waals surface area contributed by atoms with Crippen molar-refractivity contribution < 1.29 is 28.4 Å². The lowest BCUT2D eigenvalue weighted by Crippen LogP contribution is -2.49. The SMILES string of the molecule is COc1nn(C)cc1C(=O)NS1(=O)=NC(=O)c2ccc3c(c2)N(C[C@@H]2CC[C@H]2[C@H](O)/C=C\C[C@H](C)C1)C[C@@]1(CCCc2cc(Cl)ccc21)CO3. The molecule has 2 aromatic carbocycles. The van der Waals surface area contributed by atoms with E-state index in [0.29, 0.717) is 31.9 Å². The monoisotopic (exact) mass is 721 g/mol. The molecule has 50 heavy (non-hydrogen) atoms. The standard InChI is InChI=1S/C37H44ClN5O6S/c1-23-6-4-8-32(44)28-12-9-26(28)18-43-21-37(15-5-7-24-16-27(38)11-13-30(24)37)22-49-33-14-10-25(17-31(33)43)34(45)40-50(47,20-23)41-35(46)29-19-42(2)39-36(29)48-3/h4,8,10-11,13-14,16-17,19,23,26,28,32,44H,5-7,9,12,15,18,20-22H2,1-3H3,(H,40,41,45,46,47)/b8-4-/t23-,26-,28+,32+,37-,50?/m0/s1. The molecule has 1 saturated carbocycles. The maximum atomic E-state index is 14.5. The van der Waals surface area contributed by atoms with Crippen LogP contribution in [0.1, 0.15) is 70.9 Å². The molecule has 6 atom stereocenters. The number of aromatic nitrogens is 2. The maximum absolute atomic E-state index is 14.5. The summed E-state index contributed by atoms with van der Waals surface area (Å²) in [7, 11) is -0.584. The summed E-state index contributed by atoms with van der Waals surface area (Å²) in [5, 5.41) is 16.2. The van der Waals surface area contributed by atoms with E-state index in [1.54, 1.807) is 25.2 Å². The molecule has 1 unspecified atom stereocenters. The zero-order valence-corrected chi connectivity index (χ0v) is 30.2. The number of fused-ring (bicyclic) bond motifs is 4. The maximum Gasteiger partial charge on any atom is 0.286 e. The van der Waals surface area contributed by atoms with Crippen molar-refractivity contribution in [3.8, 4) is 11.6 Å². The number of aliphatic hydroxyl groups is 1. The number of hydrogen-bond acceptors (Lipinski definition) is 8. The van der Waals surface area contributed by atoms with E-state index >= 15 is 0 Å². The van der Waals surface area contributed by atoms with Gasteiger partial charge >= 0.3 is 0 Å². The number of halogens is 1. The lowest BCUT2D eigenvalue weighted by atomic mass is 9.68. The fraction of sp³-hybridized carbons (Fsp3) is 0.486. The van der Waals surface area contributed by atoms with Gasteiger partial charge in [0.05, 0.1) is 31.3 Å². The van der Waals surface area contributed by atoms with E-state index < -0.39 is 27.8 Å². The second-order valence-corrected chi connectivity index (χ2v) is 16.8. The van der Waals surface area contributed by atoms with E-state index in [2.05, 4.69) is 31.2 Å². The van der Waals surface area contributed by atoms with Crippen LogP contribution in [0, 0.1) is 17.8 Å². The molecule has 13 heteroatoms. The van der Waals surface area contributed by atoms with Crippen LogP contribution >= 0.6 is 11.6 Å². The lowest BCUT2D eigenvalue weighted by Gasteiger charge is -2.45. The van der Waals surface area contributed by atoms with Gasteiger partial charge in [0.15, 0.2) is 0 Å². The minimum Gasteiger partial charge on any atom is -0.490 e. The summed E-state index contributed by atoms with van der Waals surface area (Å²) in [6.45, 7) is 3.70. The van der Waals surface area contributed by atoms with E-state index in [1.165, 1.54) is 29.1 Å². The Morgan fingerprint density at radius 1 is 1.22 bits per heavy atom. The summed E-state index contributed by atoms with van der Waals surface area (Å²) in [4.78, 5) is 29.7. The predicted molar refractivity (Wildman–Crippen MR) is 192 cm³/mol. The first kappa shape index (κ1) is 34.6. The average Bonchev–Trinajstić information content (AvgIpc) is 3.37. The molecule has 7 rings (SSSR count). The molecular weight excluding hydrogens is 678 g/mol. The average molecular weight is 722 g/mol. The second kappa shape index (κ2) is 13.7. The highest BCUT2D eigenvalue weighted by Crippen LogP contribution is 2.47. The van der Waals surface area contributed by atoms with Gasteiger partial charge in [0.1, 0.15) is 21.2 Å². The molecule has 2 amide bonds. The zero-order chi connectivity index (χ0) is 35.2. The van der Waals surface area contributed by atoms with Gasteiger partial charge in [-0.1, -0.05) is 36.7 Å². The van der Waals surface area contributed by atoms with E-state index in [9.17, 15) is 18.9 Å². The molecular formula is C37H44ClN5O6S. The number of benzene rings is 2. The number of nitrogens with one attached hydrogen (secondary N) is 1. The Labute approximate surface area is 298 Å². The van der Waals surface area contributed by atoms with Gasteiger partial charge in [-0.25, -0.2) is 4.21 Å². The van der Waals surface area contributed by atoms with Crippen molar-refractivity contribution in [3.63, 3.8) is 0 Å². The molecule has 0 radical (unpaired) electrons. The number of aryl methyl sites for hydroxylation is 2. The Bertz CT molecular complexity index is 1970. The van der Waals surface area contributed by atoms with Crippen LogP contribution in [0.2, 0.25) is 5.02 Å². The molecule has 0 saturated heterocycles. The summed E-state index contributed by atoms with van der Waals surface area (Å²) in [6, 6.07) is 11.4. The Morgan fingerprint density at radius 2 is 2.06 bits per heavy atom. The van der Waals surface area contributed by atoms with Crippen molar-refractivity contribution in [2.24, 2.45) is 29.2 Å². The minimum atomic E-state index is -3.62. The summed E-state index contributed by atoms with van der Waals surface area (Å²) in [6.07, 6.45) is 9.87. The summed E-state index contributed by atoms with van der Waals surface area (Å²) < 4.78 is 34.5. The molecule has 266 valence electrons. The third-order valence-corrected chi connectivity index (χ3v) is 13.0. The Balaban J connectivity index is 1.30. The number of anilines is 1. The Morgan fingerprint density at radius 3 is 2.84 bits per heavy atom. The predicted octanol–water partition coefficient (Wildman–Crippen LogP) is 5.49. The van der Waals surface area contributed by atoms with Gasteiger partial charge in [-0.05, 0) is 97.7 Å². The molecule has 3 heterocycles. The number of rotatable bonds is 3. The summed E-state index contributed by atoms with van der Waals surface area (Å²) >= 11 is 6.43. The van der Waals surface area contributed by atoms with Crippen LogP contribution in [0.15, 0.2) is 59.1 Å². The molecule has 2 aliphatic carbocycles. The molecule has 1 aromatic heterocycles. The molecule has 11 nitrogen and oxygen atoms in total. The lowest BCUT2D eigenvalue weighted by molar-refractivity contribution is 0.0456. The van der Waals surface area contributed by atoms with Gasteiger partial charge in [0.2, 0.25) is 5.88 Å². The Kier molecular flexibility index (Phi) is 9.46. The highest BCUT2D eigenvalue weighted by Gasteiger charge is 2.44. The number of nitrogens with zero attached hydrogens (tertiary/aromatic N) is 4. The van der Waals surface area contributed by atoms with Crippen molar-refractivity contribution in [1.82, 2.24) is 14.5 Å². The normalized spacial score (nSPS) is 30.1. The first-order valence-electron chi connectivity index (χ1n) is 17.3. The second-order valence-electron chi connectivity index (χ2n) is 14.4. The van der Waals surface area contributed by atoms with Crippen molar-refractivity contribution >= 4 is 39.0 Å². The van der Waals surface area contributed by atoms with Gasteiger partial charge in [0.25, 0.3) is 11.8 Å². The third kappa shape index (κ3) is 6.77. The van der Waals surface area contributed by atoms with E-state index in [1.807, 2.05) is 25.1 Å². The molecule has 1 fully saturated rings. The van der Waals surface area contributed by atoms with Crippen LogP contribution in [0.5, 0.6) is 11.6 Å². The van der Waals surface area contributed by atoms with Crippen LogP contribution in [-0.2, 0) is 28.8 Å². The first-order valence-corrected chi connectivity index (χ1v) is 19.4. The minimum absolute atomic E-state index is 0.0686. The largest absolute Gasteiger partial charge is 0.490 e. The molecule has 1 spiro atoms. The van der Waals surface area contributed by atoms with Gasteiger partial charge in [-0.15, -0.1) is 9.46 Å². The van der Waals surface area contributed by atoms with Crippen LogP contribution < -0.4 is 19.1 Å². The number of methoxy groups -OCH3 is 1. The quantitative estimate of drug-likeness (QED) is 0.339. The molecule has 4 aliphatic rings. The fourth-order valence-electron chi connectivity index (χ4n) is 8.11. The van der Waals surface area contributed by atoms with Crippen molar-refractivity contribution in [2.45, 2.75) is 57.0 Å². The Hall–Kier alpha value is -3.87. The first-order chi connectivity index (χ1) is 24.0. The van der Waals surface area contributed by atoms with E-state index in [0.717, 1.165) is 42.8 Å². The molecule has 3 aromatic rings. The van der Waals surface area contributed by atoms with E-state index in [4.69, 9.17) is 21.1 Å². The van der Waals surface area contributed by atoms with Crippen LogP contribution in [0.4, 0.5) is 5.69 Å². The van der Waals surface area contributed by atoms with E-state index in [-0.39, 0.29) is 45.9 Å². The number of carbonyl (C=O) groups is 2. The molecule has 2 bridgehead atoms. The van der Waals surface area contributed by atoms with Gasteiger partial charge < -0.3 is 19.5 Å². The zero-order valence-electron chi connectivity index (χ0n) is 28.6. The highest BCUT2D eigenvalue weighted by molar-refractivity contribution is 7.92. The number of allylic oxidation sites excluding steroid dienone is 1. The van der Waals surface area contributed by atoms with Gasteiger partial charge in [0, 0.05) is 42.3 Å². The third-order valence-electron chi connectivity index (χ3n) is 10.8. The van der Waals surface area contributed by atoms with Crippen molar-refractivity contribution in [1.29, 1.82) is 0 Å². The summed E-state index contributed by atoms with van der Waals surface area (Å²) in [5.41, 5.74) is 3.26. The number of carbonyl (C=O) groups excluding carboxylic acids is 2. The number of amides is 2. The van der Waals surface area contributed by atoms with Crippen LogP contribution in [-0.4, -0.2) is 69.6 Å². The number of aliphatic hydroxyl groups excluding tert-OH is 1. The molecule has 2 aliphatic heterocycles. The number of hydrogen-bond donors (Lipinski definition) is 2. The van der Waals surface area contributed by atoms with Crippen molar-refractivity contribution in [2.75, 3.05) is 37.5 Å². The molecule has 2 N–H and O–H groups in total. The van der Waals surface area contributed by atoms with Gasteiger partial charge in [-0.2, -0.15) is 0 Å². The highest BCUT2D eigenvalue weighted by atomic mass is 35.5. The van der Waals surface area contributed by atoms with Crippen LogP contribution in [0.3, 0.4) is 0 Å². The topological polar surface area (TPSA) is 135 Å². The van der Waals surface area contributed by atoms with Crippen molar-refractivity contribution in [3.05, 3.63) is 82.0 Å². The fourth-order valence-corrected chi connectivity index (χ4v) is 10.2. The van der Waals surface area contributed by atoms with Crippen LogP contribution in [0.25, 0.3) is 0 Å². The van der Waals surface area contributed by atoms with Gasteiger partial charge in [-0.3, -0.25) is 19.0 Å². The summed E-state index contributed by atoms with van der Waals surface area (Å²) in [5.74, 6) is -0.648.